The summed E-state index contributed by atoms with van der Waals surface area (Å²) < 4.78 is 0. The van der Waals surface area contributed by atoms with E-state index in [0.29, 0.717) is 27.8 Å². The van der Waals surface area contributed by atoms with Crippen molar-refractivity contribution in [2.45, 2.75) is 20.8 Å². The number of carbonyl (C=O) groups is 1. The van der Waals surface area contributed by atoms with Gasteiger partial charge < -0.3 is 5.32 Å². The van der Waals surface area contributed by atoms with Crippen molar-refractivity contribution < 1.29 is 4.79 Å². The van der Waals surface area contributed by atoms with Gasteiger partial charge in [-0.15, -0.1) is 0 Å². The maximum Gasteiger partial charge on any atom is 0.259 e. The summed E-state index contributed by atoms with van der Waals surface area (Å²) in [4.78, 5) is 21.4. The fourth-order valence-electron chi connectivity index (χ4n) is 2.46. The molecule has 0 aliphatic heterocycles. The van der Waals surface area contributed by atoms with E-state index >= 15 is 0 Å². The van der Waals surface area contributed by atoms with Crippen LogP contribution in [-0.4, -0.2) is 15.9 Å². The van der Waals surface area contributed by atoms with Gasteiger partial charge in [-0.1, -0.05) is 47.5 Å². The van der Waals surface area contributed by atoms with Crippen LogP contribution in [0.15, 0.2) is 48.7 Å². The fraction of sp³-hybridized carbons (Fsp3) is 0.150. The minimum absolute atomic E-state index is 0.252. The Balaban J connectivity index is 1.86. The molecule has 1 heterocycles. The average Bonchev–Trinajstić information content (AvgIpc) is 2.59. The lowest BCUT2D eigenvalue weighted by molar-refractivity contribution is 0.102. The summed E-state index contributed by atoms with van der Waals surface area (Å²) in [6.07, 6.45) is 1.56. The topological polar surface area (TPSA) is 54.9 Å². The summed E-state index contributed by atoms with van der Waals surface area (Å²) in [5, 5.41) is 3.48. The number of amides is 1. The van der Waals surface area contributed by atoms with Crippen LogP contribution in [-0.2, 0) is 0 Å². The molecule has 0 saturated heterocycles. The molecule has 25 heavy (non-hydrogen) atoms. The van der Waals surface area contributed by atoms with Gasteiger partial charge >= 0.3 is 0 Å². The minimum atomic E-state index is -0.252. The molecule has 0 fully saturated rings. The first-order valence-corrected chi connectivity index (χ1v) is 8.30. The second-order valence-electron chi connectivity index (χ2n) is 5.93. The smallest absolute Gasteiger partial charge is 0.259 e. The number of rotatable bonds is 3. The molecule has 0 aliphatic rings. The SMILES string of the molecule is Cc1ccc(-c2ncc(C(=O)Nc3cccc(Cl)c3C)c(C)n2)cc1. The highest BCUT2D eigenvalue weighted by Crippen LogP contribution is 2.24. The summed E-state index contributed by atoms with van der Waals surface area (Å²) >= 11 is 6.10. The number of anilines is 1. The van der Waals surface area contributed by atoms with Crippen molar-refractivity contribution >= 4 is 23.2 Å². The first-order valence-electron chi connectivity index (χ1n) is 7.93. The van der Waals surface area contributed by atoms with E-state index in [4.69, 9.17) is 11.6 Å². The number of halogens is 1. The molecule has 0 spiro atoms. The maximum atomic E-state index is 12.6. The molecular formula is C20H18ClN3O. The molecule has 126 valence electrons. The molecule has 0 atom stereocenters. The normalized spacial score (nSPS) is 10.6. The Bertz CT molecular complexity index is 936. The van der Waals surface area contributed by atoms with Gasteiger partial charge in [-0.2, -0.15) is 0 Å². The molecule has 0 bridgehead atoms. The number of hydrogen-bond donors (Lipinski definition) is 1. The Morgan fingerprint density at radius 2 is 1.76 bits per heavy atom. The van der Waals surface area contributed by atoms with E-state index < -0.39 is 0 Å². The van der Waals surface area contributed by atoms with Crippen molar-refractivity contribution in [3.63, 3.8) is 0 Å². The van der Waals surface area contributed by atoms with Crippen LogP contribution in [0.5, 0.6) is 0 Å². The van der Waals surface area contributed by atoms with E-state index in [-0.39, 0.29) is 5.91 Å². The van der Waals surface area contributed by atoms with E-state index in [1.807, 2.05) is 44.2 Å². The van der Waals surface area contributed by atoms with Gasteiger partial charge in [0, 0.05) is 22.5 Å². The Morgan fingerprint density at radius 3 is 2.44 bits per heavy atom. The third-order valence-electron chi connectivity index (χ3n) is 4.05. The van der Waals surface area contributed by atoms with Crippen molar-refractivity contribution in [3.8, 4) is 11.4 Å². The largest absolute Gasteiger partial charge is 0.322 e. The zero-order valence-corrected chi connectivity index (χ0v) is 15.1. The quantitative estimate of drug-likeness (QED) is 0.724. The molecule has 0 aliphatic carbocycles. The Labute approximate surface area is 151 Å². The highest BCUT2D eigenvalue weighted by atomic mass is 35.5. The molecule has 3 rings (SSSR count). The fourth-order valence-corrected chi connectivity index (χ4v) is 2.64. The van der Waals surface area contributed by atoms with Gasteiger partial charge in [-0.05, 0) is 38.5 Å². The van der Waals surface area contributed by atoms with Crippen LogP contribution in [0.1, 0.15) is 27.2 Å². The van der Waals surface area contributed by atoms with Gasteiger partial charge in [0.1, 0.15) is 0 Å². The number of carbonyl (C=O) groups excluding carboxylic acids is 1. The van der Waals surface area contributed by atoms with Gasteiger partial charge in [0.2, 0.25) is 0 Å². The molecule has 2 aromatic carbocycles. The molecule has 3 aromatic rings. The van der Waals surface area contributed by atoms with Gasteiger partial charge in [-0.3, -0.25) is 4.79 Å². The molecule has 5 heteroatoms. The van der Waals surface area contributed by atoms with Crippen LogP contribution in [0.3, 0.4) is 0 Å². The summed E-state index contributed by atoms with van der Waals surface area (Å²) in [5.74, 6) is 0.353. The predicted octanol–water partition coefficient (Wildman–Crippen LogP) is 4.97. The van der Waals surface area contributed by atoms with Gasteiger partial charge in [0.05, 0.1) is 11.3 Å². The second-order valence-corrected chi connectivity index (χ2v) is 6.33. The first kappa shape index (κ1) is 17.1. The van der Waals surface area contributed by atoms with Crippen LogP contribution >= 0.6 is 11.6 Å². The van der Waals surface area contributed by atoms with Crippen molar-refractivity contribution in [1.82, 2.24) is 9.97 Å². The monoisotopic (exact) mass is 351 g/mol. The molecule has 1 amide bonds. The Kier molecular flexibility index (Phi) is 4.81. The van der Waals surface area contributed by atoms with Gasteiger partial charge in [-0.25, -0.2) is 9.97 Å². The lowest BCUT2D eigenvalue weighted by atomic mass is 10.1. The second kappa shape index (κ2) is 7.03. The summed E-state index contributed by atoms with van der Waals surface area (Å²) in [5.41, 5.74) is 4.67. The van der Waals surface area contributed by atoms with Crippen molar-refractivity contribution in [2.24, 2.45) is 0 Å². The average molecular weight is 352 g/mol. The van der Waals surface area contributed by atoms with Crippen LogP contribution in [0.25, 0.3) is 11.4 Å². The summed E-state index contributed by atoms with van der Waals surface area (Å²) in [6, 6.07) is 13.4. The van der Waals surface area contributed by atoms with Crippen LogP contribution in [0.2, 0.25) is 5.02 Å². The Hall–Kier alpha value is -2.72. The zero-order chi connectivity index (χ0) is 18.0. The van der Waals surface area contributed by atoms with E-state index in [1.165, 1.54) is 5.56 Å². The van der Waals surface area contributed by atoms with E-state index in [0.717, 1.165) is 11.1 Å². The number of hydrogen-bond acceptors (Lipinski definition) is 3. The van der Waals surface area contributed by atoms with Crippen molar-refractivity contribution in [1.29, 1.82) is 0 Å². The van der Waals surface area contributed by atoms with Crippen LogP contribution in [0, 0.1) is 20.8 Å². The molecule has 1 aromatic heterocycles. The standard InChI is InChI=1S/C20H18ClN3O/c1-12-7-9-15(10-8-12)19-22-11-16(14(3)23-19)20(25)24-18-6-4-5-17(21)13(18)2/h4-11H,1-3H3,(H,24,25). The van der Waals surface area contributed by atoms with Crippen molar-refractivity contribution in [3.05, 3.63) is 76.1 Å². The third kappa shape index (κ3) is 3.69. The predicted molar refractivity (Wildman–Crippen MR) is 101 cm³/mol. The molecule has 0 unspecified atom stereocenters. The third-order valence-corrected chi connectivity index (χ3v) is 4.46. The lowest BCUT2D eigenvalue weighted by Gasteiger charge is -2.11. The highest BCUT2D eigenvalue weighted by Gasteiger charge is 2.14. The number of nitrogens with zero attached hydrogens (tertiary/aromatic N) is 2. The first-order chi connectivity index (χ1) is 12.0. The maximum absolute atomic E-state index is 12.6. The molecular weight excluding hydrogens is 334 g/mol. The van der Waals surface area contributed by atoms with E-state index in [1.54, 1.807) is 25.3 Å². The molecule has 4 nitrogen and oxygen atoms in total. The Morgan fingerprint density at radius 1 is 1.04 bits per heavy atom. The molecule has 0 saturated carbocycles. The number of aromatic nitrogens is 2. The summed E-state index contributed by atoms with van der Waals surface area (Å²) in [7, 11) is 0. The summed E-state index contributed by atoms with van der Waals surface area (Å²) in [6.45, 7) is 5.70. The molecule has 1 N–H and O–H groups in total. The van der Waals surface area contributed by atoms with Crippen LogP contribution in [0.4, 0.5) is 5.69 Å². The van der Waals surface area contributed by atoms with E-state index in [2.05, 4.69) is 15.3 Å². The van der Waals surface area contributed by atoms with Gasteiger partial charge in [0.15, 0.2) is 5.82 Å². The minimum Gasteiger partial charge on any atom is -0.322 e. The number of benzene rings is 2. The number of nitrogens with one attached hydrogen (secondary N) is 1. The number of aryl methyl sites for hydroxylation is 2. The lowest BCUT2D eigenvalue weighted by Crippen LogP contribution is -2.15. The van der Waals surface area contributed by atoms with Crippen molar-refractivity contribution in [2.75, 3.05) is 5.32 Å². The highest BCUT2D eigenvalue weighted by molar-refractivity contribution is 6.31. The zero-order valence-electron chi connectivity index (χ0n) is 14.3. The van der Waals surface area contributed by atoms with Crippen LogP contribution < -0.4 is 5.32 Å². The van der Waals surface area contributed by atoms with Gasteiger partial charge in [0.25, 0.3) is 5.91 Å². The molecule has 0 radical (unpaired) electrons. The van der Waals surface area contributed by atoms with E-state index in [9.17, 15) is 4.79 Å².